The summed E-state index contributed by atoms with van der Waals surface area (Å²) in [5.74, 6) is 2.51. The summed E-state index contributed by atoms with van der Waals surface area (Å²) in [6.07, 6.45) is 4.33. The molecule has 12 heteroatoms. The van der Waals surface area contributed by atoms with Gasteiger partial charge in [0, 0.05) is 36.1 Å². The van der Waals surface area contributed by atoms with Crippen LogP contribution in [0.4, 0.5) is 0 Å². The van der Waals surface area contributed by atoms with E-state index in [4.69, 9.17) is 28.4 Å². The Morgan fingerprint density at radius 3 is 1.21 bits per heavy atom. The highest BCUT2D eigenvalue weighted by atomic mass is 16.5. The predicted molar refractivity (Wildman–Crippen MR) is 142 cm³/mol. The minimum atomic E-state index is -0.278. The summed E-state index contributed by atoms with van der Waals surface area (Å²) in [7, 11) is 9.14. The minimum absolute atomic E-state index is 0.208. The molecule has 2 amide bonds. The van der Waals surface area contributed by atoms with Gasteiger partial charge in [-0.1, -0.05) is 0 Å². The summed E-state index contributed by atoms with van der Waals surface area (Å²) in [6, 6.07) is 6.72. The predicted octanol–water partition coefficient (Wildman–Crippen LogP) is 2.90. The lowest BCUT2D eigenvalue weighted by Gasteiger charge is -2.11. The van der Waals surface area contributed by atoms with Crippen molar-refractivity contribution in [2.24, 2.45) is 10.2 Å². The molecule has 0 bridgehead atoms. The number of amides is 2. The van der Waals surface area contributed by atoms with Crippen LogP contribution in [0.5, 0.6) is 34.5 Å². The van der Waals surface area contributed by atoms with E-state index in [2.05, 4.69) is 21.1 Å². The topological polar surface area (TPSA) is 138 Å². The Morgan fingerprint density at radius 2 is 0.895 bits per heavy atom. The molecule has 0 unspecified atom stereocenters. The van der Waals surface area contributed by atoms with Crippen LogP contribution in [-0.4, -0.2) is 66.9 Å². The molecule has 0 aliphatic rings. The second kappa shape index (κ2) is 15.6. The van der Waals surface area contributed by atoms with Crippen molar-refractivity contribution in [1.82, 2.24) is 10.9 Å². The number of hydrogen-bond acceptors (Lipinski definition) is 10. The third-order valence-electron chi connectivity index (χ3n) is 5.32. The molecule has 0 atom stereocenters. The molecule has 0 saturated heterocycles. The van der Waals surface area contributed by atoms with E-state index in [9.17, 15) is 9.59 Å². The molecule has 0 aliphatic heterocycles. The first-order chi connectivity index (χ1) is 18.4. The molecular weight excluding hydrogens is 496 g/mol. The van der Waals surface area contributed by atoms with Crippen LogP contribution in [0, 0.1) is 0 Å². The van der Waals surface area contributed by atoms with Crippen molar-refractivity contribution in [3.05, 3.63) is 35.4 Å². The number of carbonyl (C=O) groups excluding carboxylic acids is 2. The molecular formula is C26H34N4O8. The van der Waals surface area contributed by atoms with E-state index in [1.54, 1.807) is 24.3 Å². The number of carbonyl (C=O) groups is 2. The fourth-order valence-electron chi connectivity index (χ4n) is 3.34. The largest absolute Gasteiger partial charge is 0.496 e. The number of hydrogen-bond donors (Lipinski definition) is 2. The molecule has 0 spiro atoms. The van der Waals surface area contributed by atoms with Gasteiger partial charge in [-0.25, -0.2) is 10.9 Å². The molecule has 2 rings (SSSR count). The zero-order chi connectivity index (χ0) is 27.9. The maximum atomic E-state index is 12.1. The van der Waals surface area contributed by atoms with Crippen LogP contribution in [0.25, 0.3) is 0 Å². The number of methoxy groups -OCH3 is 6. The average Bonchev–Trinajstić information content (AvgIpc) is 2.94. The van der Waals surface area contributed by atoms with Gasteiger partial charge in [-0.05, 0) is 25.0 Å². The van der Waals surface area contributed by atoms with Crippen LogP contribution in [0.2, 0.25) is 0 Å². The first-order valence-corrected chi connectivity index (χ1v) is 11.6. The number of hydrazone groups is 2. The first kappa shape index (κ1) is 29.7. The van der Waals surface area contributed by atoms with Crippen molar-refractivity contribution in [2.75, 3.05) is 42.7 Å². The quantitative estimate of drug-likeness (QED) is 0.204. The van der Waals surface area contributed by atoms with E-state index in [-0.39, 0.29) is 24.7 Å². The van der Waals surface area contributed by atoms with Gasteiger partial charge < -0.3 is 28.4 Å². The number of nitrogens with zero attached hydrogens (tertiary/aromatic N) is 2. The van der Waals surface area contributed by atoms with Gasteiger partial charge in [0.2, 0.25) is 11.8 Å². The van der Waals surface area contributed by atoms with E-state index in [0.29, 0.717) is 58.5 Å². The summed E-state index contributed by atoms with van der Waals surface area (Å²) in [4.78, 5) is 24.2. The normalized spacial score (nSPS) is 10.8. The van der Waals surface area contributed by atoms with Crippen molar-refractivity contribution in [1.29, 1.82) is 0 Å². The van der Waals surface area contributed by atoms with Crippen LogP contribution in [0.15, 0.2) is 34.5 Å². The lowest BCUT2D eigenvalue weighted by atomic mass is 10.2. The molecule has 0 radical (unpaired) electrons. The molecule has 2 aromatic rings. The van der Waals surface area contributed by atoms with Gasteiger partial charge in [0.15, 0.2) is 23.0 Å². The summed E-state index contributed by atoms with van der Waals surface area (Å²) >= 11 is 0. The molecule has 0 aliphatic carbocycles. The van der Waals surface area contributed by atoms with Crippen LogP contribution in [0.1, 0.15) is 36.8 Å². The molecule has 0 saturated carbocycles. The van der Waals surface area contributed by atoms with Gasteiger partial charge in [0.1, 0.15) is 11.5 Å². The van der Waals surface area contributed by atoms with Crippen LogP contribution in [-0.2, 0) is 9.59 Å². The molecule has 206 valence electrons. The molecule has 38 heavy (non-hydrogen) atoms. The van der Waals surface area contributed by atoms with E-state index < -0.39 is 0 Å². The fraction of sp³-hybridized carbons (Fsp3) is 0.385. The zero-order valence-electron chi connectivity index (χ0n) is 22.5. The van der Waals surface area contributed by atoms with Crippen LogP contribution < -0.4 is 39.3 Å². The Bertz CT molecular complexity index is 1060. The SMILES string of the molecule is COc1cc(OC)c(OC)cc1/C=N/NC(=O)CCCCC(=O)N/N=C/c1cc(OC)c(OC)cc1OC. The number of rotatable bonds is 15. The Balaban J connectivity index is 1.78. The molecule has 0 heterocycles. The van der Waals surface area contributed by atoms with Crippen LogP contribution in [0.3, 0.4) is 0 Å². The van der Waals surface area contributed by atoms with Gasteiger partial charge in [0.05, 0.1) is 55.1 Å². The maximum absolute atomic E-state index is 12.1. The zero-order valence-corrected chi connectivity index (χ0v) is 22.5. The maximum Gasteiger partial charge on any atom is 0.240 e. The number of ether oxygens (including phenoxy) is 6. The van der Waals surface area contributed by atoms with Crippen molar-refractivity contribution < 1.29 is 38.0 Å². The van der Waals surface area contributed by atoms with Gasteiger partial charge in [0.25, 0.3) is 0 Å². The second-order valence-electron chi connectivity index (χ2n) is 7.69. The lowest BCUT2D eigenvalue weighted by Crippen LogP contribution is -2.19. The van der Waals surface area contributed by atoms with E-state index in [1.165, 1.54) is 55.1 Å². The summed E-state index contributed by atoms with van der Waals surface area (Å²) < 4.78 is 31.7. The van der Waals surface area contributed by atoms with Gasteiger partial charge in [-0.2, -0.15) is 10.2 Å². The van der Waals surface area contributed by atoms with Crippen molar-refractivity contribution >= 4 is 24.2 Å². The fourth-order valence-corrected chi connectivity index (χ4v) is 3.34. The van der Waals surface area contributed by atoms with E-state index in [1.807, 2.05) is 0 Å². The number of nitrogens with one attached hydrogen (secondary N) is 2. The number of unbranched alkanes of at least 4 members (excludes halogenated alkanes) is 1. The van der Waals surface area contributed by atoms with Gasteiger partial charge in [-0.15, -0.1) is 0 Å². The molecule has 0 fully saturated rings. The molecule has 12 nitrogen and oxygen atoms in total. The van der Waals surface area contributed by atoms with Gasteiger partial charge in [-0.3, -0.25) is 9.59 Å². The number of benzene rings is 2. The van der Waals surface area contributed by atoms with Crippen molar-refractivity contribution in [2.45, 2.75) is 25.7 Å². The highest BCUT2D eigenvalue weighted by Gasteiger charge is 2.12. The highest BCUT2D eigenvalue weighted by Crippen LogP contribution is 2.34. The Kier molecular flexibility index (Phi) is 12.2. The molecule has 0 aromatic heterocycles. The summed E-state index contributed by atoms with van der Waals surface area (Å²) in [6.45, 7) is 0. The van der Waals surface area contributed by atoms with Crippen molar-refractivity contribution in [3.63, 3.8) is 0 Å². The minimum Gasteiger partial charge on any atom is -0.496 e. The lowest BCUT2D eigenvalue weighted by molar-refractivity contribution is -0.123. The van der Waals surface area contributed by atoms with Gasteiger partial charge >= 0.3 is 0 Å². The molecule has 2 N–H and O–H groups in total. The standard InChI is InChI=1S/C26H34N4O8/c1-33-19-13-23(37-5)21(35-3)11-17(19)15-27-29-25(31)9-7-8-10-26(32)30-28-16-18-12-22(36-4)24(38-6)14-20(18)34-2/h11-16H,7-10H2,1-6H3,(H,29,31)(H,30,32)/b27-15+,28-16+. The third kappa shape index (κ3) is 8.57. The summed E-state index contributed by atoms with van der Waals surface area (Å²) in [5.41, 5.74) is 6.14. The Labute approximate surface area is 221 Å². The molecule has 2 aromatic carbocycles. The average molecular weight is 531 g/mol. The smallest absolute Gasteiger partial charge is 0.240 e. The second-order valence-corrected chi connectivity index (χ2v) is 7.69. The van der Waals surface area contributed by atoms with E-state index in [0.717, 1.165) is 0 Å². The monoisotopic (exact) mass is 530 g/mol. The summed E-state index contributed by atoms with van der Waals surface area (Å²) in [5, 5.41) is 7.95. The van der Waals surface area contributed by atoms with E-state index >= 15 is 0 Å². The third-order valence-corrected chi connectivity index (χ3v) is 5.32. The van der Waals surface area contributed by atoms with Crippen LogP contribution >= 0.6 is 0 Å². The Hall–Kier alpha value is -4.48. The highest BCUT2D eigenvalue weighted by molar-refractivity contribution is 5.87. The first-order valence-electron chi connectivity index (χ1n) is 11.6. The Morgan fingerprint density at radius 1 is 0.579 bits per heavy atom. The van der Waals surface area contributed by atoms with Crippen molar-refractivity contribution in [3.8, 4) is 34.5 Å².